The van der Waals surface area contributed by atoms with Crippen LogP contribution < -0.4 is 4.74 Å². The van der Waals surface area contributed by atoms with Gasteiger partial charge in [-0.15, -0.1) is 0 Å². The molecule has 0 N–H and O–H groups in total. The predicted octanol–water partition coefficient (Wildman–Crippen LogP) is 4.90. The molecule has 31 heavy (non-hydrogen) atoms. The van der Waals surface area contributed by atoms with E-state index >= 15 is 0 Å². The maximum atomic E-state index is 13.2. The minimum Gasteiger partial charge on any atom is -0.494 e. The van der Waals surface area contributed by atoms with E-state index in [1.54, 1.807) is 29.2 Å². The van der Waals surface area contributed by atoms with E-state index in [2.05, 4.69) is 17.1 Å². The van der Waals surface area contributed by atoms with E-state index in [9.17, 15) is 9.18 Å². The lowest BCUT2D eigenvalue weighted by atomic mass is 9.90. The molecule has 1 aliphatic heterocycles. The van der Waals surface area contributed by atoms with Crippen molar-refractivity contribution < 1.29 is 13.9 Å². The molecule has 0 bridgehead atoms. The first-order valence-electron chi connectivity index (χ1n) is 10.9. The molecular formula is C25H28FN3O2. The summed E-state index contributed by atoms with van der Waals surface area (Å²) in [6.45, 7) is 4.17. The lowest BCUT2D eigenvalue weighted by Gasteiger charge is -2.32. The van der Waals surface area contributed by atoms with Crippen molar-refractivity contribution in [3.05, 3.63) is 78.1 Å². The Bertz CT molecular complexity index is 990. The summed E-state index contributed by atoms with van der Waals surface area (Å²) in [7, 11) is 0. The van der Waals surface area contributed by atoms with E-state index < -0.39 is 0 Å². The zero-order chi connectivity index (χ0) is 21.6. The highest BCUT2D eigenvalue weighted by Crippen LogP contribution is 2.25. The van der Waals surface area contributed by atoms with Gasteiger partial charge in [0.2, 0.25) is 0 Å². The number of imidazole rings is 1. The first-order valence-corrected chi connectivity index (χ1v) is 10.9. The molecular weight excluding hydrogens is 393 g/mol. The summed E-state index contributed by atoms with van der Waals surface area (Å²) < 4.78 is 20.5. The Balaban J connectivity index is 1.30. The highest BCUT2D eigenvalue weighted by atomic mass is 19.1. The number of nitrogens with zero attached hydrogens (tertiary/aromatic N) is 3. The van der Waals surface area contributed by atoms with Gasteiger partial charge >= 0.3 is 0 Å². The molecule has 0 unspecified atom stereocenters. The quantitative estimate of drug-likeness (QED) is 0.545. The number of amides is 1. The molecule has 1 aromatic heterocycles. The van der Waals surface area contributed by atoms with Gasteiger partial charge in [-0.05, 0) is 80.5 Å². The molecule has 2 aromatic carbocycles. The van der Waals surface area contributed by atoms with Gasteiger partial charge in [0.1, 0.15) is 17.3 Å². The van der Waals surface area contributed by atoms with Crippen LogP contribution in [0.4, 0.5) is 4.39 Å². The highest BCUT2D eigenvalue weighted by Gasteiger charge is 2.25. The number of piperidine rings is 1. The fourth-order valence-electron chi connectivity index (χ4n) is 4.14. The van der Waals surface area contributed by atoms with Gasteiger partial charge in [-0.2, -0.15) is 0 Å². The van der Waals surface area contributed by atoms with Crippen LogP contribution in [0, 0.1) is 11.7 Å². The number of aryl methyl sites for hydroxylation is 1. The zero-order valence-electron chi connectivity index (χ0n) is 17.8. The van der Waals surface area contributed by atoms with Gasteiger partial charge in [-0.1, -0.05) is 12.1 Å². The van der Waals surface area contributed by atoms with Crippen LogP contribution in [0.1, 0.15) is 42.2 Å². The van der Waals surface area contributed by atoms with Crippen molar-refractivity contribution in [1.29, 1.82) is 0 Å². The summed E-state index contributed by atoms with van der Waals surface area (Å²) in [5.41, 5.74) is 2.57. The van der Waals surface area contributed by atoms with Crippen LogP contribution in [0.15, 0.2) is 61.1 Å². The number of aromatic nitrogens is 2. The third kappa shape index (κ3) is 5.13. The van der Waals surface area contributed by atoms with E-state index in [4.69, 9.17) is 4.74 Å². The number of carbonyl (C=O) groups is 1. The molecule has 0 aliphatic carbocycles. The Morgan fingerprint density at radius 3 is 2.48 bits per heavy atom. The van der Waals surface area contributed by atoms with E-state index in [-0.39, 0.29) is 11.7 Å². The van der Waals surface area contributed by atoms with Crippen LogP contribution in [0.5, 0.6) is 5.75 Å². The molecule has 1 amide bonds. The monoisotopic (exact) mass is 421 g/mol. The fraction of sp³-hybridized carbons (Fsp3) is 0.360. The van der Waals surface area contributed by atoms with Gasteiger partial charge in [0.25, 0.3) is 5.91 Å². The summed E-state index contributed by atoms with van der Waals surface area (Å²) in [5, 5.41) is 0. The van der Waals surface area contributed by atoms with Crippen molar-refractivity contribution in [2.24, 2.45) is 5.92 Å². The number of hydrogen-bond donors (Lipinski definition) is 0. The lowest BCUT2D eigenvalue weighted by Crippen LogP contribution is -2.39. The number of carbonyl (C=O) groups excluding carboxylic acids is 1. The first kappa shape index (κ1) is 21.1. The normalized spacial score (nSPS) is 14.6. The highest BCUT2D eigenvalue weighted by molar-refractivity contribution is 5.93. The predicted molar refractivity (Wildman–Crippen MR) is 118 cm³/mol. The lowest BCUT2D eigenvalue weighted by molar-refractivity contribution is 0.0679. The van der Waals surface area contributed by atoms with Crippen LogP contribution >= 0.6 is 0 Å². The Hall–Kier alpha value is -3.15. The minimum atomic E-state index is -0.302. The molecule has 3 aromatic rings. The Morgan fingerprint density at radius 1 is 1.10 bits per heavy atom. The van der Waals surface area contributed by atoms with Crippen LogP contribution in [0.3, 0.4) is 0 Å². The smallest absolute Gasteiger partial charge is 0.272 e. The molecule has 0 saturated carbocycles. The third-order valence-corrected chi connectivity index (χ3v) is 5.94. The van der Waals surface area contributed by atoms with E-state index in [0.717, 1.165) is 50.2 Å². The SMILES string of the molecule is CCOc1ccc(CCC2CCN(C(=O)c3cncn3-c3ccc(F)cc3)CC2)cc1. The molecule has 0 atom stereocenters. The van der Waals surface area contributed by atoms with Crippen LogP contribution in [0.2, 0.25) is 0 Å². The first-order chi connectivity index (χ1) is 15.1. The number of hydrogen-bond acceptors (Lipinski definition) is 3. The second-order valence-electron chi connectivity index (χ2n) is 7.98. The molecule has 5 nitrogen and oxygen atoms in total. The molecule has 1 saturated heterocycles. The van der Waals surface area contributed by atoms with Crippen molar-refractivity contribution in [2.75, 3.05) is 19.7 Å². The van der Waals surface area contributed by atoms with Crippen LogP contribution in [-0.4, -0.2) is 40.1 Å². The van der Waals surface area contributed by atoms with E-state index in [0.29, 0.717) is 18.2 Å². The summed E-state index contributed by atoms with van der Waals surface area (Å²) in [5.74, 6) is 1.21. The second-order valence-corrected chi connectivity index (χ2v) is 7.98. The molecule has 1 aliphatic rings. The summed E-state index contributed by atoms with van der Waals surface area (Å²) in [6, 6.07) is 14.4. The van der Waals surface area contributed by atoms with Crippen molar-refractivity contribution in [1.82, 2.24) is 14.5 Å². The number of likely N-dealkylation sites (tertiary alicyclic amines) is 1. The Labute approximate surface area is 182 Å². The standard InChI is InChI=1S/C25H28FN3O2/c1-2-31-23-11-5-19(6-12-23)3-4-20-13-15-28(16-14-20)25(30)24-17-27-18-29(24)22-9-7-21(26)8-10-22/h5-12,17-18,20H,2-4,13-16H2,1H3. The Morgan fingerprint density at radius 2 is 1.81 bits per heavy atom. The molecule has 1 fully saturated rings. The maximum absolute atomic E-state index is 13.2. The van der Waals surface area contributed by atoms with Gasteiger partial charge in [0.05, 0.1) is 19.1 Å². The average molecular weight is 422 g/mol. The van der Waals surface area contributed by atoms with Gasteiger partial charge in [0.15, 0.2) is 0 Å². The number of benzene rings is 2. The maximum Gasteiger partial charge on any atom is 0.272 e. The van der Waals surface area contributed by atoms with E-state index in [1.165, 1.54) is 17.7 Å². The van der Waals surface area contributed by atoms with Crippen LogP contribution in [-0.2, 0) is 6.42 Å². The average Bonchev–Trinajstić information content (AvgIpc) is 3.29. The molecule has 4 rings (SSSR count). The van der Waals surface area contributed by atoms with Crippen molar-refractivity contribution in [3.63, 3.8) is 0 Å². The summed E-state index contributed by atoms with van der Waals surface area (Å²) in [4.78, 5) is 19.1. The van der Waals surface area contributed by atoms with Crippen molar-refractivity contribution in [2.45, 2.75) is 32.6 Å². The minimum absolute atomic E-state index is 0.0215. The topological polar surface area (TPSA) is 47.4 Å². The summed E-state index contributed by atoms with van der Waals surface area (Å²) >= 11 is 0. The number of halogens is 1. The molecule has 0 radical (unpaired) electrons. The molecule has 2 heterocycles. The molecule has 0 spiro atoms. The fourth-order valence-corrected chi connectivity index (χ4v) is 4.14. The van der Waals surface area contributed by atoms with Crippen LogP contribution in [0.25, 0.3) is 5.69 Å². The van der Waals surface area contributed by atoms with E-state index in [1.807, 2.05) is 24.0 Å². The third-order valence-electron chi connectivity index (χ3n) is 5.94. The second kappa shape index (κ2) is 9.77. The van der Waals surface area contributed by atoms with Crippen molar-refractivity contribution >= 4 is 5.91 Å². The zero-order valence-corrected chi connectivity index (χ0v) is 17.8. The largest absolute Gasteiger partial charge is 0.494 e. The summed E-state index contributed by atoms with van der Waals surface area (Å²) in [6.07, 6.45) is 7.38. The van der Waals surface area contributed by atoms with Crippen molar-refractivity contribution in [3.8, 4) is 11.4 Å². The molecule has 162 valence electrons. The number of rotatable bonds is 7. The van der Waals surface area contributed by atoms with Gasteiger partial charge < -0.3 is 9.64 Å². The number of ether oxygens (including phenoxy) is 1. The van der Waals surface area contributed by atoms with Gasteiger partial charge in [-0.25, -0.2) is 9.37 Å². The Kier molecular flexibility index (Phi) is 6.65. The van der Waals surface area contributed by atoms with Gasteiger partial charge in [-0.3, -0.25) is 9.36 Å². The van der Waals surface area contributed by atoms with Gasteiger partial charge in [0, 0.05) is 18.8 Å². The molecule has 6 heteroatoms.